The normalized spacial score (nSPS) is 22.5. The van der Waals surface area contributed by atoms with Crippen molar-refractivity contribution >= 4 is 33.2 Å². The van der Waals surface area contributed by atoms with E-state index in [0.717, 1.165) is 6.42 Å². The Morgan fingerprint density at radius 2 is 1.98 bits per heavy atom. The summed E-state index contributed by atoms with van der Waals surface area (Å²) in [6.45, 7) is 4.67. The van der Waals surface area contributed by atoms with Crippen molar-refractivity contribution in [3.8, 4) is 5.88 Å². The van der Waals surface area contributed by atoms with E-state index in [2.05, 4.69) is 20.6 Å². The van der Waals surface area contributed by atoms with Gasteiger partial charge in [0.05, 0.1) is 41.9 Å². The first-order valence-electron chi connectivity index (χ1n) is 14.8. The first-order chi connectivity index (χ1) is 21.0. The summed E-state index contributed by atoms with van der Waals surface area (Å²) < 4.78 is 48.2. The molecule has 44 heavy (non-hydrogen) atoms. The predicted molar refractivity (Wildman–Crippen MR) is 168 cm³/mol. The van der Waals surface area contributed by atoms with Crippen molar-refractivity contribution in [3.05, 3.63) is 82.5 Å². The first-order valence-corrected chi connectivity index (χ1v) is 16.8. The van der Waals surface area contributed by atoms with Crippen molar-refractivity contribution in [1.82, 2.24) is 19.6 Å². The van der Waals surface area contributed by atoms with E-state index in [4.69, 9.17) is 22.1 Å². The maximum Gasteiger partial charge on any atom is 0.242 e. The van der Waals surface area contributed by atoms with E-state index in [0.29, 0.717) is 53.7 Å². The van der Waals surface area contributed by atoms with Crippen molar-refractivity contribution in [3.63, 3.8) is 0 Å². The number of halogens is 2. The number of carbonyl (C=O) groups excluding carboxylic acids is 1. The van der Waals surface area contributed by atoms with Gasteiger partial charge in [-0.2, -0.15) is 4.31 Å². The largest absolute Gasteiger partial charge is 0.474 e. The van der Waals surface area contributed by atoms with Crippen molar-refractivity contribution in [1.29, 1.82) is 0 Å². The number of nitrogens with two attached hydrogens (primary N) is 1. The van der Waals surface area contributed by atoms with Crippen LogP contribution >= 0.6 is 11.6 Å². The summed E-state index contributed by atoms with van der Waals surface area (Å²) in [5.41, 5.74) is 8.32. The highest BCUT2D eigenvalue weighted by Gasteiger charge is 2.38. The third kappa shape index (κ3) is 7.55. The molecule has 2 aliphatic rings. The Hall–Kier alpha value is -3.16. The zero-order valence-corrected chi connectivity index (χ0v) is 26.3. The number of nitrogens with zero attached hydrogens (tertiary/aromatic N) is 3. The zero-order valence-electron chi connectivity index (χ0n) is 24.7. The third-order valence-corrected chi connectivity index (χ3v) is 10.3. The minimum Gasteiger partial charge on any atom is -0.474 e. The van der Waals surface area contributed by atoms with Gasteiger partial charge in [-0.25, -0.2) is 17.8 Å². The van der Waals surface area contributed by atoms with E-state index in [-0.39, 0.29) is 36.0 Å². The maximum atomic E-state index is 15.2. The van der Waals surface area contributed by atoms with Crippen LogP contribution in [0.2, 0.25) is 5.02 Å². The molecule has 0 saturated carbocycles. The van der Waals surface area contributed by atoms with Gasteiger partial charge < -0.3 is 21.1 Å². The van der Waals surface area contributed by atoms with Gasteiger partial charge in [-0.1, -0.05) is 29.8 Å². The Kier molecular flexibility index (Phi) is 10.2. The average Bonchev–Trinajstić information content (AvgIpc) is 3.10. The summed E-state index contributed by atoms with van der Waals surface area (Å²) in [4.78, 5) is 22.5. The molecular weight excluding hydrogens is 607 g/mol. The molecule has 1 aromatic heterocycles. The summed E-state index contributed by atoms with van der Waals surface area (Å²) in [7, 11) is -3.38. The monoisotopic (exact) mass is 644 g/mol. The Balaban J connectivity index is 1.36. The number of amides is 1. The highest BCUT2D eigenvalue weighted by molar-refractivity contribution is 7.89. The van der Waals surface area contributed by atoms with Crippen LogP contribution < -0.4 is 21.1 Å². The van der Waals surface area contributed by atoms with Gasteiger partial charge in [-0.15, -0.1) is 0 Å². The molecule has 0 radical (unpaired) electrons. The molecule has 0 aliphatic carbocycles. The van der Waals surface area contributed by atoms with Gasteiger partial charge >= 0.3 is 0 Å². The average molecular weight is 645 g/mol. The van der Waals surface area contributed by atoms with E-state index in [1.165, 1.54) is 24.5 Å². The van der Waals surface area contributed by atoms with Crippen LogP contribution in [0.4, 0.5) is 10.1 Å². The molecule has 2 saturated heterocycles. The first kappa shape index (κ1) is 32.2. The standard InChI is InChI=1S/C31H38ClFN6O4S/c1-19(2)43-28-17-36-27(16-37-28)29(20-8-10-21(32)11-9-20)30(34)31(40)38-26-7-3-6-25(33)24(26)13-12-23-15-35-22-5-4-14-44(41,42)39(23)18-22/h3,6-11,16-17,19,22-23,29-30,35H,4-5,12-15,18,34H2,1-2H3,(H,38,40)/t22-,23+,29?,30?/m1/s1. The van der Waals surface area contributed by atoms with Crippen LogP contribution in [0.25, 0.3) is 0 Å². The Morgan fingerprint density at radius 3 is 2.68 bits per heavy atom. The van der Waals surface area contributed by atoms with Gasteiger partial charge in [0, 0.05) is 41.4 Å². The van der Waals surface area contributed by atoms with Gasteiger partial charge in [0.1, 0.15) is 5.82 Å². The fourth-order valence-electron chi connectivity index (χ4n) is 5.87. The lowest BCUT2D eigenvalue weighted by atomic mass is 9.88. The maximum absolute atomic E-state index is 15.2. The highest BCUT2D eigenvalue weighted by atomic mass is 35.5. The number of benzene rings is 2. The molecule has 3 unspecified atom stereocenters. The van der Waals surface area contributed by atoms with Crippen molar-refractivity contribution in [2.24, 2.45) is 5.73 Å². The molecule has 5 atom stereocenters. The van der Waals surface area contributed by atoms with E-state index < -0.39 is 33.7 Å². The predicted octanol–water partition coefficient (Wildman–Crippen LogP) is 3.85. The van der Waals surface area contributed by atoms with Crippen molar-refractivity contribution < 1.29 is 22.3 Å². The van der Waals surface area contributed by atoms with Crippen molar-refractivity contribution in [2.45, 2.75) is 69.7 Å². The molecule has 4 N–H and O–H groups in total. The number of piperazine rings is 1. The number of ether oxygens (including phenoxy) is 1. The number of carbonyl (C=O) groups is 1. The summed E-state index contributed by atoms with van der Waals surface area (Å²) >= 11 is 6.12. The topological polar surface area (TPSA) is 140 Å². The number of hydrogen-bond donors (Lipinski definition) is 3. The second kappa shape index (κ2) is 13.9. The molecule has 2 aliphatic heterocycles. The molecule has 1 amide bonds. The molecule has 10 nitrogen and oxygen atoms in total. The van der Waals surface area contributed by atoms with Crippen LogP contribution in [0.5, 0.6) is 5.88 Å². The Bertz CT molecular complexity index is 1560. The molecule has 13 heteroatoms. The van der Waals surface area contributed by atoms with E-state index in [1.807, 2.05) is 13.8 Å². The van der Waals surface area contributed by atoms with E-state index in [9.17, 15) is 13.2 Å². The third-order valence-electron chi connectivity index (χ3n) is 8.08. The minimum absolute atomic E-state index is 0.0873. The fourth-order valence-corrected chi connectivity index (χ4v) is 7.81. The zero-order chi connectivity index (χ0) is 31.4. The summed E-state index contributed by atoms with van der Waals surface area (Å²) in [5.74, 6) is -1.26. The minimum atomic E-state index is -3.38. The van der Waals surface area contributed by atoms with E-state index in [1.54, 1.807) is 34.6 Å². The van der Waals surface area contributed by atoms with Crippen LogP contribution in [0.1, 0.15) is 55.8 Å². The molecule has 2 fully saturated rings. The number of nitrogens with one attached hydrogen (secondary N) is 2. The van der Waals surface area contributed by atoms with Crippen LogP contribution in [0.3, 0.4) is 0 Å². The molecule has 5 rings (SSSR count). The smallest absolute Gasteiger partial charge is 0.242 e. The van der Waals surface area contributed by atoms with Crippen LogP contribution in [-0.4, -0.2) is 71.7 Å². The summed E-state index contributed by atoms with van der Waals surface area (Å²) in [6.07, 6.45) is 4.97. The lowest BCUT2D eigenvalue weighted by molar-refractivity contribution is -0.117. The van der Waals surface area contributed by atoms with Crippen molar-refractivity contribution in [2.75, 3.05) is 24.2 Å². The molecule has 3 heterocycles. The quantitative estimate of drug-likeness (QED) is 0.302. The summed E-state index contributed by atoms with van der Waals surface area (Å²) in [6, 6.07) is 10.1. The number of anilines is 1. The number of aromatic nitrogens is 2. The molecule has 3 aromatic rings. The summed E-state index contributed by atoms with van der Waals surface area (Å²) in [5, 5.41) is 6.79. The van der Waals surface area contributed by atoms with Gasteiger partial charge in [-0.3, -0.25) is 9.78 Å². The lowest BCUT2D eigenvalue weighted by Crippen LogP contribution is -2.57. The second-order valence-electron chi connectivity index (χ2n) is 11.6. The van der Waals surface area contributed by atoms with Crippen LogP contribution in [-0.2, 0) is 21.2 Å². The molecule has 2 aromatic carbocycles. The Labute approximate surface area is 262 Å². The number of rotatable bonds is 10. The molecular formula is C31H38ClFN6O4S. The second-order valence-corrected chi connectivity index (χ2v) is 14.1. The molecule has 0 spiro atoms. The number of fused-ring (bicyclic) bond motifs is 2. The SMILES string of the molecule is CC(C)Oc1cnc(C(c2ccc(Cl)cc2)C(N)C(=O)Nc2cccc(F)c2CC[C@H]2CN[C@@H]3CCCS(=O)(=O)N2C3)cn1. The fraction of sp³-hybridized carbons (Fsp3) is 0.452. The van der Waals surface area contributed by atoms with Gasteiger partial charge in [0.2, 0.25) is 21.8 Å². The lowest BCUT2D eigenvalue weighted by Gasteiger charge is -2.37. The van der Waals surface area contributed by atoms with E-state index >= 15 is 4.39 Å². The Morgan fingerprint density at radius 1 is 1.20 bits per heavy atom. The molecule has 2 bridgehead atoms. The van der Waals surface area contributed by atoms with Gasteiger partial charge in [-0.05, 0) is 69.4 Å². The highest BCUT2D eigenvalue weighted by Crippen LogP contribution is 2.30. The van der Waals surface area contributed by atoms with Crippen LogP contribution in [0.15, 0.2) is 54.9 Å². The van der Waals surface area contributed by atoms with Gasteiger partial charge in [0.15, 0.2) is 0 Å². The van der Waals surface area contributed by atoms with Gasteiger partial charge in [0.25, 0.3) is 0 Å². The van der Waals surface area contributed by atoms with Crippen LogP contribution in [0, 0.1) is 5.82 Å². The number of sulfonamides is 1. The molecule has 236 valence electrons. The number of hydrogen-bond acceptors (Lipinski definition) is 8.